The van der Waals surface area contributed by atoms with Gasteiger partial charge in [0.05, 0.1) is 0 Å². The molecule has 1 atom stereocenters. The number of amides is 1. The molecule has 2 heterocycles. The molecule has 5 heteroatoms. The van der Waals surface area contributed by atoms with Gasteiger partial charge < -0.3 is 10.6 Å². The van der Waals surface area contributed by atoms with E-state index in [9.17, 15) is 4.79 Å². The molecule has 3 nitrogen and oxygen atoms in total. The molecular formula is C15H25ClN2OS. The Morgan fingerprint density at radius 2 is 2.35 bits per heavy atom. The van der Waals surface area contributed by atoms with Crippen molar-refractivity contribution >= 4 is 29.7 Å². The fraction of sp³-hybridized carbons (Fsp3) is 0.667. The van der Waals surface area contributed by atoms with E-state index in [0.29, 0.717) is 12.3 Å². The molecule has 114 valence electrons. The predicted molar refractivity (Wildman–Crippen MR) is 87.8 cm³/mol. The lowest BCUT2D eigenvalue weighted by Gasteiger charge is -2.22. The van der Waals surface area contributed by atoms with Gasteiger partial charge in [0.15, 0.2) is 0 Å². The third-order valence-electron chi connectivity index (χ3n) is 3.61. The molecule has 0 radical (unpaired) electrons. The first-order valence-corrected chi connectivity index (χ1v) is 8.08. The molecule has 1 saturated heterocycles. The number of halogens is 1. The van der Waals surface area contributed by atoms with Crippen molar-refractivity contribution in [3.8, 4) is 0 Å². The Kier molecular flexibility index (Phi) is 8.19. The van der Waals surface area contributed by atoms with Crippen LogP contribution in [0.15, 0.2) is 12.1 Å². The highest BCUT2D eigenvalue weighted by Crippen LogP contribution is 2.17. The van der Waals surface area contributed by atoms with E-state index in [-0.39, 0.29) is 18.3 Å². The van der Waals surface area contributed by atoms with Gasteiger partial charge in [0, 0.05) is 22.7 Å². The second-order valence-corrected chi connectivity index (χ2v) is 6.75. The zero-order valence-electron chi connectivity index (χ0n) is 12.1. The Labute approximate surface area is 131 Å². The van der Waals surface area contributed by atoms with Crippen LogP contribution in [0.5, 0.6) is 0 Å². The Morgan fingerprint density at radius 1 is 1.50 bits per heavy atom. The van der Waals surface area contributed by atoms with E-state index in [2.05, 4.69) is 29.7 Å². The number of carbonyl (C=O) groups is 1. The van der Waals surface area contributed by atoms with Crippen LogP contribution in [0.4, 0.5) is 0 Å². The van der Waals surface area contributed by atoms with Gasteiger partial charge in [0.25, 0.3) is 0 Å². The molecule has 1 fully saturated rings. The quantitative estimate of drug-likeness (QED) is 0.847. The molecule has 1 amide bonds. The standard InChI is InChI=1S/C15H24N2OS.ClH/c1-12-7-8-14(19-12)5-2-6-15(18)17-11-13-4-3-9-16-10-13;/h7-8,13,16H,2-6,9-11H2,1H3,(H,17,18);1H. The van der Waals surface area contributed by atoms with Crippen LogP contribution in [0.3, 0.4) is 0 Å². The molecular weight excluding hydrogens is 292 g/mol. The van der Waals surface area contributed by atoms with Crippen LogP contribution >= 0.6 is 23.7 Å². The number of piperidine rings is 1. The van der Waals surface area contributed by atoms with Crippen molar-refractivity contribution in [2.75, 3.05) is 19.6 Å². The Bertz CT molecular complexity index is 402. The smallest absolute Gasteiger partial charge is 0.220 e. The summed E-state index contributed by atoms with van der Waals surface area (Å²) in [4.78, 5) is 14.5. The molecule has 0 saturated carbocycles. The van der Waals surface area contributed by atoms with Gasteiger partial charge in [-0.05, 0) is 63.7 Å². The van der Waals surface area contributed by atoms with E-state index in [1.54, 1.807) is 0 Å². The first-order valence-electron chi connectivity index (χ1n) is 7.27. The number of nitrogens with one attached hydrogen (secondary N) is 2. The lowest BCUT2D eigenvalue weighted by molar-refractivity contribution is -0.121. The third-order valence-corrected chi connectivity index (χ3v) is 4.67. The minimum absolute atomic E-state index is 0. The van der Waals surface area contributed by atoms with E-state index in [1.807, 2.05) is 11.3 Å². The molecule has 20 heavy (non-hydrogen) atoms. The highest BCUT2D eigenvalue weighted by atomic mass is 35.5. The number of aryl methyl sites for hydroxylation is 2. The average Bonchev–Trinajstić information content (AvgIpc) is 2.83. The van der Waals surface area contributed by atoms with Gasteiger partial charge in [0.2, 0.25) is 5.91 Å². The largest absolute Gasteiger partial charge is 0.356 e. The van der Waals surface area contributed by atoms with Crippen LogP contribution < -0.4 is 10.6 Å². The molecule has 1 aliphatic heterocycles. The van der Waals surface area contributed by atoms with Gasteiger partial charge in [-0.3, -0.25) is 4.79 Å². The predicted octanol–water partition coefficient (Wildman–Crippen LogP) is 2.92. The SMILES string of the molecule is Cc1ccc(CCCC(=O)NCC2CCCNC2)s1.Cl. The highest BCUT2D eigenvalue weighted by molar-refractivity contribution is 7.11. The molecule has 1 unspecified atom stereocenters. The summed E-state index contributed by atoms with van der Waals surface area (Å²) in [6.45, 7) is 5.14. The van der Waals surface area contributed by atoms with E-state index >= 15 is 0 Å². The minimum atomic E-state index is 0. The summed E-state index contributed by atoms with van der Waals surface area (Å²) >= 11 is 1.84. The van der Waals surface area contributed by atoms with Crippen LogP contribution in [0.1, 0.15) is 35.4 Å². The summed E-state index contributed by atoms with van der Waals surface area (Å²) in [5.41, 5.74) is 0. The van der Waals surface area contributed by atoms with Crippen LogP contribution in [-0.2, 0) is 11.2 Å². The fourth-order valence-electron chi connectivity index (χ4n) is 2.49. The first kappa shape index (κ1) is 17.5. The zero-order chi connectivity index (χ0) is 13.5. The lowest BCUT2D eigenvalue weighted by Crippen LogP contribution is -2.38. The van der Waals surface area contributed by atoms with Gasteiger partial charge in [0.1, 0.15) is 0 Å². The zero-order valence-corrected chi connectivity index (χ0v) is 13.7. The number of carbonyl (C=O) groups excluding carboxylic acids is 1. The van der Waals surface area contributed by atoms with Crippen LogP contribution in [0.25, 0.3) is 0 Å². The van der Waals surface area contributed by atoms with Crippen molar-refractivity contribution in [1.29, 1.82) is 0 Å². The maximum Gasteiger partial charge on any atom is 0.220 e. The van der Waals surface area contributed by atoms with Crippen molar-refractivity contribution in [2.24, 2.45) is 5.92 Å². The maximum atomic E-state index is 11.8. The van der Waals surface area contributed by atoms with Crippen molar-refractivity contribution in [3.63, 3.8) is 0 Å². The minimum Gasteiger partial charge on any atom is -0.356 e. The van der Waals surface area contributed by atoms with Crippen LogP contribution in [0, 0.1) is 12.8 Å². The monoisotopic (exact) mass is 316 g/mol. The average molecular weight is 317 g/mol. The second kappa shape index (κ2) is 9.37. The summed E-state index contributed by atoms with van der Waals surface area (Å²) in [5.74, 6) is 0.830. The number of rotatable bonds is 6. The molecule has 2 rings (SSSR count). The van der Waals surface area contributed by atoms with Crippen molar-refractivity contribution < 1.29 is 4.79 Å². The van der Waals surface area contributed by atoms with Crippen molar-refractivity contribution in [3.05, 3.63) is 21.9 Å². The lowest BCUT2D eigenvalue weighted by atomic mass is 10.00. The highest BCUT2D eigenvalue weighted by Gasteiger charge is 2.13. The molecule has 0 aliphatic carbocycles. The molecule has 1 aromatic heterocycles. The van der Waals surface area contributed by atoms with E-state index < -0.39 is 0 Å². The van der Waals surface area contributed by atoms with Crippen molar-refractivity contribution in [2.45, 2.75) is 39.0 Å². The Hall–Kier alpha value is -0.580. The number of hydrogen-bond acceptors (Lipinski definition) is 3. The molecule has 2 N–H and O–H groups in total. The summed E-state index contributed by atoms with van der Waals surface area (Å²) in [5, 5.41) is 6.44. The van der Waals surface area contributed by atoms with E-state index in [4.69, 9.17) is 0 Å². The van der Waals surface area contributed by atoms with E-state index in [0.717, 1.165) is 32.5 Å². The van der Waals surface area contributed by atoms with Gasteiger partial charge in [-0.25, -0.2) is 0 Å². The summed E-state index contributed by atoms with van der Waals surface area (Å²) < 4.78 is 0. The molecule has 1 aliphatic rings. The van der Waals surface area contributed by atoms with Crippen molar-refractivity contribution in [1.82, 2.24) is 10.6 Å². The second-order valence-electron chi connectivity index (χ2n) is 5.38. The Balaban J connectivity index is 0.00000200. The van der Waals surface area contributed by atoms with Gasteiger partial charge >= 0.3 is 0 Å². The molecule has 0 spiro atoms. The molecule has 0 bridgehead atoms. The maximum absolute atomic E-state index is 11.8. The Morgan fingerprint density at radius 3 is 3.00 bits per heavy atom. The van der Waals surface area contributed by atoms with Gasteiger partial charge in [-0.2, -0.15) is 0 Å². The number of thiophene rings is 1. The summed E-state index contributed by atoms with van der Waals surface area (Å²) in [6.07, 6.45) is 5.10. The van der Waals surface area contributed by atoms with Gasteiger partial charge in [-0.15, -0.1) is 23.7 Å². The summed E-state index contributed by atoms with van der Waals surface area (Å²) in [6, 6.07) is 4.32. The number of hydrogen-bond donors (Lipinski definition) is 2. The normalized spacial score (nSPS) is 18.4. The summed E-state index contributed by atoms with van der Waals surface area (Å²) in [7, 11) is 0. The molecule has 1 aromatic rings. The van der Waals surface area contributed by atoms with Crippen LogP contribution in [0.2, 0.25) is 0 Å². The fourth-order valence-corrected chi connectivity index (χ4v) is 3.42. The molecule has 0 aromatic carbocycles. The third kappa shape index (κ3) is 6.25. The topological polar surface area (TPSA) is 41.1 Å². The van der Waals surface area contributed by atoms with Gasteiger partial charge in [-0.1, -0.05) is 0 Å². The first-order chi connectivity index (χ1) is 9.24. The van der Waals surface area contributed by atoms with E-state index in [1.165, 1.54) is 22.6 Å². The van der Waals surface area contributed by atoms with Crippen LogP contribution in [-0.4, -0.2) is 25.5 Å².